The molecule has 3 rings (SSSR count). The summed E-state index contributed by atoms with van der Waals surface area (Å²) in [6.45, 7) is 1.78. The largest absolute Gasteiger partial charge is 0.447 e. The molecule has 0 bridgehead atoms. The van der Waals surface area contributed by atoms with Crippen LogP contribution >= 0.6 is 27.5 Å². The van der Waals surface area contributed by atoms with E-state index in [1.165, 1.54) is 13.2 Å². The van der Waals surface area contributed by atoms with Gasteiger partial charge in [0.05, 0.1) is 12.7 Å². The average molecular weight is 418 g/mol. The molecule has 3 aromatic rings. The first-order valence-corrected chi connectivity index (χ1v) is 8.38. The third-order valence-electron chi connectivity index (χ3n) is 3.56. The van der Waals surface area contributed by atoms with E-state index in [-0.39, 0.29) is 5.28 Å². The Morgan fingerprint density at radius 2 is 2.33 bits per heavy atom. The molecule has 3 heterocycles. The molecule has 0 saturated heterocycles. The molecule has 0 aliphatic heterocycles. The number of nitrogens with zero attached hydrogens (tertiary/aromatic N) is 4. The highest BCUT2D eigenvalue weighted by atomic mass is 79.9. The number of hydrogen-bond acceptors (Lipinski definition) is 6. The van der Waals surface area contributed by atoms with Gasteiger partial charge in [0.1, 0.15) is 22.6 Å². The molecule has 0 unspecified atom stereocenters. The minimum atomic E-state index is -1.11. The van der Waals surface area contributed by atoms with E-state index < -0.39 is 12.2 Å². The number of nitrogens with one attached hydrogen (secondary N) is 1. The van der Waals surface area contributed by atoms with Crippen molar-refractivity contribution < 1.29 is 8.81 Å². The van der Waals surface area contributed by atoms with Gasteiger partial charge >= 0.3 is 0 Å². The zero-order valence-corrected chi connectivity index (χ0v) is 15.1. The van der Waals surface area contributed by atoms with E-state index in [4.69, 9.17) is 21.8 Å². The number of nitrogens with two attached hydrogens (primary N) is 1. The van der Waals surface area contributed by atoms with E-state index in [2.05, 4.69) is 36.3 Å². The van der Waals surface area contributed by atoms with Crippen LogP contribution < -0.4 is 11.1 Å². The van der Waals surface area contributed by atoms with Crippen LogP contribution in [0, 0.1) is 0 Å². The lowest BCUT2D eigenvalue weighted by molar-refractivity contribution is 0.304. The highest BCUT2D eigenvalue weighted by molar-refractivity contribution is 9.10. The van der Waals surface area contributed by atoms with Crippen molar-refractivity contribution in [3.8, 4) is 0 Å². The Morgan fingerprint density at radius 1 is 1.54 bits per heavy atom. The second-order valence-electron chi connectivity index (χ2n) is 5.31. The molecule has 3 N–H and O–H groups in total. The molecule has 0 fully saturated rings. The van der Waals surface area contributed by atoms with Crippen molar-refractivity contribution in [3.63, 3.8) is 0 Å². The Bertz CT molecular complexity index is 838. The van der Waals surface area contributed by atoms with Gasteiger partial charge in [-0.15, -0.1) is 5.10 Å². The van der Waals surface area contributed by atoms with Gasteiger partial charge in [0.2, 0.25) is 11.2 Å². The molecule has 0 aromatic carbocycles. The van der Waals surface area contributed by atoms with E-state index in [0.717, 1.165) is 5.56 Å². The van der Waals surface area contributed by atoms with Gasteiger partial charge in [0.15, 0.2) is 5.82 Å². The van der Waals surface area contributed by atoms with Gasteiger partial charge in [-0.05, 0) is 52.5 Å². The van der Waals surface area contributed by atoms with Crippen LogP contribution in [0.25, 0.3) is 5.52 Å². The van der Waals surface area contributed by atoms with Crippen LogP contribution in [0.1, 0.15) is 18.4 Å². The van der Waals surface area contributed by atoms with Gasteiger partial charge in [-0.25, -0.2) is 13.9 Å². The first-order chi connectivity index (χ1) is 11.5. The first kappa shape index (κ1) is 17.1. The smallest absolute Gasteiger partial charge is 0.243 e. The summed E-state index contributed by atoms with van der Waals surface area (Å²) in [5.41, 5.74) is 7.34. The van der Waals surface area contributed by atoms with Crippen LogP contribution in [0.2, 0.25) is 5.28 Å². The molecule has 10 heteroatoms. The highest BCUT2D eigenvalue weighted by Crippen LogP contribution is 2.28. The summed E-state index contributed by atoms with van der Waals surface area (Å²) < 4.78 is 20.8. The van der Waals surface area contributed by atoms with Crippen LogP contribution in [0.15, 0.2) is 27.5 Å². The highest BCUT2D eigenvalue weighted by Gasteiger charge is 2.19. The maximum Gasteiger partial charge on any atom is 0.243 e. The summed E-state index contributed by atoms with van der Waals surface area (Å²) >= 11 is 9.46. The number of fused-ring (bicyclic) bond motifs is 1. The Kier molecular flexibility index (Phi) is 5.02. The van der Waals surface area contributed by atoms with Crippen LogP contribution in [-0.2, 0) is 13.0 Å². The maximum absolute atomic E-state index is 13.4. The SMILES string of the molecule is C[C@H](F)[C@H](N)Cc1cc2c(NCc3ncco3)nc(Cl)nn2c1Br. The molecule has 0 amide bonds. The molecule has 0 aliphatic rings. The fourth-order valence-corrected chi connectivity index (χ4v) is 2.94. The molecule has 24 heavy (non-hydrogen) atoms. The third-order valence-corrected chi connectivity index (χ3v) is 4.56. The topological polar surface area (TPSA) is 94.3 Å². The van der Waals surface area contributed by atoms with E-state index in [9.17, 15) is 4.39 Å². The van der Waals surface area contributed by atoms with Crippen molar-refractivity contribution in [2.75, 3.05) is 5.32 Å². The lowest BCUT2D eigenvalue weighted by Gasteiger charge is -2.11. The monoisotopic (exact) mass is 416 g/mol. The van der Waals surface area contributed by atoms with Crippen molar-refractivity contribution in [3.05, 3.63) is 39.9 Å². The van der Waals surface area contributed by atoms with Gasteiger partial charge in [-0.1, -0.05) is 0 Å². The van der Waals surface area contributed by atoms with E-state index in [1.54, 1.807) is 10.7 Å². The molecule has 0 radical (unpaired) electrons. The summed E-state index contributed by atoms with van der Waals surface area (Å²) in [7, 11) is 0. The van der Waals surface area contributed by atoms with Gasteiger partial charge in [0, 0.05) is 6.04 Å². The van der Waals surface area contributed by atoms with Crippen molar-refractivity contribution in [2.45, 2.75) is 32.1 Å². The van der Waals surface area contributed by atoms with Crippen molar-refractivity contribution in [1.29, 1.82) is 0 Å². The number of hydrogen-bond donors (Lipinski definition) is 2. The Morgan fingerprint density at radius 3 is 3.00 bits per heavy atom. The third kappa shape index (κ3) is 3.52. The molecule has 7 nitrogen and oxygen atoms in total. The summed E-state index contributed by atoms with van der Waals surface area (Å²) in [6.07, 6.45) is 2.30. The van der Waals surface area contributed by atoms with Gasteiger partial charge in [-0.2, -0.15) is 4.98 Å². The Labute approximate surface area is 150 Å². The van der Waals surface area contributed by atoms with Gasteiger partial charge < -0.3 is 15.5 Å². The zero-order chi connectivity index (χ0) is 17.3. The number of anilines is 1. The molecular formula is C14H15BrClFN6O. The number of aromatic nitrogens is 4. The lowest BCUT2D eigenvalue weighted by atomic mass is 10.1. The quantitative estimate of drug-likeness (QED) is 0.640. The molecule has 3 aromatic heterocycles. The average Bonchev–Trinajstić information content (AvgIpc) is 3.15. The molecule has 128 valence electrons. The van der Waals surface area contributed by atoms with Crippen LogP contribution in [-0.4, -0.2) is 31.8 Å². The second-order valence-corrected chi connectivity index (χ2v) is 6.40. The second kappa shape index (κ2) is 7.04. The fraction of sp³-hybridized carbons (Fsp3) is 0.357. The molecule has 0 spiro atoms. The molecule has 0 aliphatic carbocycles. The van der Waals surface area contributed by atoms with E-state index >= 15 is 0 Å². The lowest BCUT2D eigenvalue weighted by Crippen LogP contribution is -2.31. The number of oxazole rings is 1. The predicted octanol–water partition coefficient (Wildman–Crippen LogP) is 2.97. The number of rotatable bonds is 6. The van der Waals surface area contributed by atoms with Gasteiger partial charge in [-0.3, -0.25) is 0 Å². The minimum absolute atomic E-state index is 0.0726. The fourth-order valence-electron chi connectivity index (χ4n) is 2.24. The summed E-state index contributed by atoms with van der Waals surface area (Å²) in [5, 5.41) is 7.35. The van der Waals surface area contributed by atoms with Crippen molar-refractivity contribution >= 4 is 38.9 Å². The standard InChI is InChI=1S/C14H15BrClFN6O/c1-7(17)9(18)4-8-5-10-13(20-6-11-19-2-3-24-11)21-14(16)22-23(10)12(8)15/h2-3,5,7,9H,4,6,18H2,1H3,(H,20,21,22)/t7-,9+/m0/s1. The normalized spacial score (nSPS) is 14.0. The summed E-state index contributed by atoms with van der Waals surface area (Å²) in [5.74, 6) is 1.03. The van der Waals surface area contributed by atoms with Crippen LogP contribution in [0.3, 0.4) is 0 Å². The van der Waals surface area contributed by atoms with Crippen molar-refractivity contribution in [2.24, 2.45) is 5.73 Å². The van der Waals surface area contributed by atoms with Gasteiger partial charge in [0.25, 0.3) is 0 Å². The number of alkyl halides is 1. The Balaban J connectivity index is 1.94. The van der Waals surface area contributed by atoms with Crippen molar-refractivity contribution in [1.82, 2.24) is 19.6 Å². The molecule has 2 atom stereocenters. The Hall–Kier alpha value is -1.71. The molecule has 0 saturated carbocycles. The minimum Gasteiger partial charge on any atom is -0.447 e. The van der Waals surface area contributed by atoms with Crippen LogP contribution in [0.4, 0.5) is 10.2 Å². The predicted molar refractivity (Wildman–Crippen MR) is 91.8 cm³/mol. The van der Waals surface area contributed by atoms with E-state index in [1.807, 2.05) is 6.07 Å². The summed E-state index contributed by atoms with van der Waals surface area (Å²) in [4.78, 5) is 8.23. The zero-order valence-electron chi connectivity index (χ0n) is 12.7. The molecular weight excluding hydrogens is 403 g/mol. The number of halogens is 3. The van der Waals surface area contributed by atoms with E-state index in [0.29, 0.717) is 34.8 Å². The van der Waals surface area contributed by atoms with Crippen LogP contribution in [0.5, 0.6) is 0 Å². The maximum atomic E-state index is 13.4. The summed E-state index contributed by atoms with van der Waals surface area (Å²) in [6, 6.07) is 1.24. The first-order valence-electron chi connectivity index (χ1n) is 7.21.